The minimum atomic E-state index is 0.170. The van der Waals surface area contributed by atoms with Crippen LogP contribution in [0.4, 0.5) is 0 Å². The molecule has 3 nitrogen and oxygen atoms in total. The average Bonchev–Trinajstić information content (AvgIpc) is 1.63. The summed E-state index contributed by atoms with van der Waals surface area (Å²) in [7, 11) is 1.88. The van der Waals surface area contributed by atoms with Gasteiger partial charge in [0.1, 0.15) is 0 Å². The van der Waals surface area contributed by atoms with E-state index in [9.17, 15) is 0 Å². The van der Waals surface area contributed by atoms with Crippen molar-refractivity contribution in [3.8, 4) is 0 Å². The van der Waals surface area contributed by atoms with Crippen molar-refractivity contribution >= 4 is 0 Å². The first-order valence-electron chi connectivity index (χ1n) is 2.89. The summed E-state index contributed by atoms with van der Waals surface area (Å²) >= 11 is 0. The van der Waals surface area contributed by atoms with Crippen LogP contribution >= 0.6 is 0 Å². The van der Waals surface area contributed by atoms with Gasteiger partial charge in [-0.2, -0.15) is 0 Å². The molecule has 0 bridgehead atoms. The molecule has 0 saturated heterocycles. The number of hydrogen-bond acceptors (Lipinski definition) is 3. The van der Waals surface area contributed by atoms with Crippen LogP contribution < -0.4 is 5.73 Å². The van der Waals surface area contributed by atoms with Crippen LogP contribution in [0.2, 0.25) is 0 Å². The summed E-state index contributed by atoms with van der Waals surface area (Å²) in [5, 5.41) is 8.44. The molecule has 54 valence electrons. The summed E-state index contributed by atoms with van der Waals surface area (Å²) in [5.41, 5.74) is 5.94. The van der Waals surface area contributed by atoms with Crippen LogP contribution in [-0.2, 0) is 0 Å². The molecule has 3 heteroatoms. The van der Waals surface area contributed by atoms with E-state index in [0.717, 1.165) is 0 Å². The van der Waals surface area contributed by atoms with Gasteiger partial charge < -0.3 is 10.8 Å². The number of hydrogen-bond donors (Lipinski definition) is 2. The largest absolute Gasteiger partial charge is 0.401 e. The first-order valence-corrected chi connectivity index (χ1v) is 2.89. The van der Waals surface area contributed by atoms with E-state index in [1.807, 2.05) is 11.9 Å². The Hall–Kier alpha value is -0.540. The fraction of sp³-hybridized carbons (Fsp3) is 0.667. The van der Waals surface area contributed by atoms with E-state index < -0.39 is 0 Å². The highest BCUT2D eigenvalue weighted by molar-refractivity contribution is 4.88. The zero-order valence-corrected chi connectivity index (χ0v) is 5.80. The van der Waals surface area contributed by atoms with Gasteiger partial charge in [-0.3, -0.25) is 4.90 Å². The molecule has 3 N–H and O–H groups in total. The monoisotopic (exact) mass is 130 g/mol. The molecule has 0 aromatic rings. The van der Waals surface area contributed by atoms with Crippen molar-refractivity contribution in [3.05, 3.63) is 12.3 Å². The lowest BCUT2D eigenvalue weighted by atomic mass is 10.4. The van der Waals surface area contributed by atoms with Crippen LogP contribution in [0.3, 0.4) is 0 Å². The highest BCUT2D eigenvalue weighted by Gasteiger charge is 1.94. The average molecular weight is 130 g/mol. The van der Waals surface area contributed by atoms with E-state index in [1.165, 1.54) is 0 Å². The lowest BCUT2D eigenvalue weighted by Gasteiger charge is -2.13. The molecule has 0 aromatic heterocycles. The number of likely N-dealkylation sites (N-methyl/N-ethyl adjacent to an activating group) is 1. The summed E-state index contributed by atoms with van der Waals surface area (Å²) in [6, 6.07) is 0. The molecule has 9 heavy (non-hydrogen) atoms. The third-order valence-electron chi connectivity index (χ3n) is 0.955. The maximum atomic E-state index is 8.44. The van der Waals surface area contributed by atoms with Gasteiger partial charge in [-0.25, -0.2) is 0 Å². The second-order valence-electron chi connectivity index (χ2n) is 2.12. The summed E-state index contributed by atoms with van der Waals surface area (Å²) < 4.78 is 0. The summed E-state index contributed by atoms with van der Waals surface area (Å²) in [4.78, 5) is 1.91. The van der Waals surface area contributed by atoms with Crippen LogP contribution in [0.1, 0.15) is 0 Å². The number of aliphatic hydroxyl groups excluding tert-OH is 1. The molecule has 0 aliphatic heterocycles. The Bertz CT molecular complexity index is 93.1. The highest BCUT2D eigenvalue weighted by Crippen LogP contribution is 1.84. The van der Waals surface area contributed by atoms with Crippen molar-refractivity contribution in [2.24, 2.45) is 5.73 Å². The van der Waals surface area contributed by atoms with E-state index >= 15 is 0 Å². The van der Waals surface area contributed by atoms with Gasteiger partial charge in [0.05, 0.1) is 6.61 Å². The van der Waals surface area contributed by atoms with Crippen molar-refractivity contribution < 1.29 is 5.11 Å². The van der Waals surface area contributed by atoms with E-state index in [1.54, 1.807) is 0 Å². The first kappa shape index (κ1) is 8.46. The van der Waals surface area contributed by atoms with E-state index in [4.69, 9.17) is 10.8 Å². The Balaban J connectivity index is 3.26. The maximum absolute atomic E-state index is 8.44. The summed E-state index contributed by atoms with van der Waals surface area (Å²) in [6.07, 6.45) is 0. The van der Waals surface area contributed by atoms with Crippen molar-refractivity contribution in [2.45, 2.75) is 0 Å². The second kappa shape index (κ2) is 4.35. The fourth-order valence-electron chi connectivity index (χ4n) is 0.596. The van der Waals surface area contributed by atoms with Gasteiger partial charge in [0.15, 0.2) is 0 Å². The SMILES string of the molecule is C=C(N)CN(C)CCO. The van der Waals surface area contributed by atoms with Crippen LogP contribution in [0, 0.1) is 0 Å². The van der Waals surface area contributed by atoms with Gasteiger partial charge in [0.25, 0.3) is 0 Å². The molecule has 0 aromatic carbocycles. The van der Waals surface area contributed by atoms with Gasteiger partial charge in [-0.15, -0.1) is 0 Å². The molecule has 0 aliphatic carbocycles. The predicted molar refractivity (Wildman–Crippen MR) is 37.9 cm³/mol. The molecular weight excluding hydrogens is 116 g/mol. The predicted octanol–water partition coefficient (Wildman–Crippen LogP) is -0.617. The lowest BCUT2D eigenvalue weighted by molar-refractivity contribution is 0.230. The van der Waals surface area contributed by atoms with Crippen LogP contribution in [-0.4, -0.2) is 36.8 Å². The molecule has 0 amide bonds. The van der Waals surface area contributed by atoms with E-state index in [-0.39, 0.29) is 6.61 Å². The number of nitrogens with two attached hydrogens (primary N) is 1. The minimum Gasteiger partial charge on any atom is -0.401 e. The summed E-state index contributed by atoms with van der Waals surface area (Å²) in [5.74, 6) is 0. The van der Waals surface area contributed by atoms with Crippen LogP contribution in [0.15, 0.2) is 12.3 Å². The third-order valence-corrected chi connectivity index (χ3v) is 0.955. The molecule has 0 rings (SSSR count). The Morgan fingerprint density at radius 2 is 2.33 bits per heavy atom. The molecule has 0 spiro atoms. The van der Waals surface area contributed by atoms with Gasteiger partial charge in [-0.05, 0) is 7.05 Å². The smallest absolute Gasteiger partial charge is 0.0558 e. The topological polar surface area (TPSA) is 49.5 Å². The van der Waals surface area contributed by atoms with Crippen LogP contribution in [0.25, 0.3) is 0 Å². The molecule has 0 saturated carbocycles. The van der Waals surface area contributed by atoms with Crippen molar-refractivity contribution in [1.29, 1.82) is 0 Å². The zero-order chi connectivity index (χ0) is 7.28. The van der Waals surface area contributed by atoms with Gasteiger partial charge in [0.2, 0.25) is 0 Å². The molecule has 0 unspecified atom stereocenters. The van der Waals surface area contributed by atoms with Gasteiger partial charge >= 0.3 is 0 Å². The Labute approximate surface area is 55.8 Å². The van der Waals surface area contributed by atoms with Gasteiger partial charge in [-0.1, -0.05) is 6.58 Å². The first-order chi connectivity index (χ1) is 4.16. The standard InChI is InChI=1S/C6H14N2O/c1-6(7)5-8(2)3-4-9/h9H,1,3-5,7H2,2H3. The molecular formula is C6H14N2O. The van der Waals surface area contributed by atoms with E-state index in [2.05, 4.69) is 6.58 Å². The minimum absolute atomic E-state index is 0.170. The maximum Gasteiger partial charge on any atom is 0.0558 e. The summed E-state index contributed by atoms with van der Waals surface area (Å²) in [6.45, 7) is 5.00. The molecule has 0 radical (unpaired) electrons. The van der Waals surface area contributed by atoms with Gasteiger partial charge in [0, 0.05) is 18.8 Å². The number of nitrogens with zero attached hydrogens (tertiary/aromatic N) is 1. The third kappa shape index (κ3) is 5.33. The van der Waals surface area contributed by atoms with E-state index in [0.29, 0.717) is 18.8 Å². The molecule has 0 heterocycles. The lowest BCUT2D eigenvalue weighted by Crippen LogP contribution is -2.26. The van der Waals surface area contributed by atoms with Crippen molar-refractivity contribution in [2.75, 3.05) is 26.7 Å². The zero-order valence-electron chi connectivity index (χ0n) is 5.80. The quantitative estimate of drug-likeness (QED) is 0.533. The Kier molecular flexibility index (Phi) is 4.09. The highest BCUT2D eigenvalue weighted by atomic mass is 16.3. The Morgan fingerprint density at radius 1 is 1.78 bits per heavy atom. The second-order valence-corrected chi connectivity index (χ2v) is 2.12. The number of aliphatic hydroxyl groups is 1. The molecule has 0 fully saturated rings. The van der Waals surface area contributed by atoms with Crippen molar-refractivity contribution in [1.82, 2.24) is 4.90 Å². The molecule has 0 aliphatic rings. The fourth-order valence-corrected chi connectivity index (χ4v) is 0.596. The normalized spacial score (nSPS) is 10.1. The molecule has 0 atom stereocenters. The van der Waals surface area contributed by atoms with Crippen molar-refractivity contribution in [3.63, 3.8) is 0 Å². The number of rotatable bonds is 4. The van der Waals surface area contributed by atoms with Crippen LogP contribution in [0.5, 0.6) is 0 Å². The Morgan fingerprint density at radius 3 is 2.67 bits per heavy atom.